The molecule has 1 aliphatic rings. The number of nitrogens with zero attached hydrogens (tertiary/aromatic N) is 2. The van der Waals surface area contributed by atoms with Crippen LogP contribution in [0.3, 0.4) is 0 Å². The van der Waals surface area contributed by atoms with Gasteiger partial charge in [0.05, 0.1) is 12.6 Å². The first-order chi connectivity index (χ1) is 14.0. The van der Waals surface area contributed by atoms with Gasteiger partial charge in [-0.05, 0) is 31.6 Å². The maximum absolute atomic E-state index is 12.8. The third kappa shape index (κ3) is 7.85. The Labute approximate surface area is 175 Å². The van der Waals surface area contributed by atoms with Gasteiger partial charge in [-0.3, -0.25) is 19.4 Å². The summed E-state index contributed by atoms with van der Waals surface area (Å²) in [6.07, 6.45) is 1.82. The lowest BCUT2D eigenvalue weighted by Gasteiger charge is -2.29. The van der Waals surface area contributed by atoms with Crippen molar-refractivity contribution in [1.82, 2.24) is 15.5 Å². The highest BCUT2D eigenvalue weighted by molar-refractivity contribution is 5.93. The number of guanidine groups is 1. The van der Waals surface area contributed by atoms with E-state index >= 15 is 0 Å². The number of likely N-dealkylation sites (tertiary alicyclic amines) is 1. The van der Waals surface area contributed by atoms with E-state index in [4.69, 9.17) is 17.2 Å². The van der Waals surface area contributed by atoms with Crippen molar-refractivity contribution >= 4 is 29.7 Å². The van der Waals surface area contributed by atoms with E-state index in [-0.39, 0.29) is 18.4 Å². The molecule has 0 radical (unpaired) electrons. The number of hydrogen-bond acceptors (Lipinski definition) is 6. The van der Waals surface area contributed by atoms with Gasteiger partial charge in [-0.2, -0.15) is 0 Å². The summed E-state index contributed by atoms with van der Waals surface area (Å²) in [6.45, 7) is 3.83. The zero-order valence-electron chi connectivity index (χ0n) is 17.5. The quantitative estimate of drug-likeness (QED) is 0.120. The lowest BCUT2D eigenvalue weighted by Crippen LogP contribution is -2.55. The van der Waals surface area contributed by atoms with Gasteiger partial charge in [0, 0.05) is 13.1 Å². The van der Waals surface area contributed by atoms with Crippen LogP contribution in [0.2, 0.25) is 0 Å². The molecule has 0 bridgehead atoms. The second-order valence-electron chi connectivity index (χ2n) is 7.59. The van der Waals surface area contributed by atoms with E-state index in [2.05, 4.69) is 15.6 Å². The molecule has 9 N–H and O–H groups in total. The summed E-state index contributed by atoms with van der Waals surface area (Å²) in [4.78, 5) is 53.5. The van der Waals surface area contributed by atoms with Crippen LogP contribution in [-0.4, -0.2) is 77.4 Å². The van der Waals surface area contributed by atoms with Crippen LogP contribution in [0.5, 0.6) is 0 Å². The predicted molar refractivity (Wildman–Crippen MR) is 110 cm³/mol. The molecule has 0 aliphatic carbocycles. The highest BCUT2D eigenvalue weighted by Crippen LogP contribution is 2.20. The Kier molecular flexibility index (Phi) is 10.0. The van der Waals surface area contributed by atoms with Crippen LogP contribution in [0.1, 0.15) is 39.5 Å². The standard InChI is InChI=1S/C18H33N7O5/c1-10(2)14(16(28)25-8-4-6-12(25)17(29)30)24-13(26)9-23-15(27)11(19)5-3-7-22-18(20)21/h10-12,14H,3-9,19H2,1-2H3,(H,23,27)(H,24,26)(H,29,30)(H4,20,21,22). The van der Waals surface area contributed by atoms with E-state index in [0.717, 1.165) is 0 Å². The highest BCUT2D eigenvalue weighted by atomic mass is 16.4. The predicted octanol–water partition coefficient (Wildman–Crippen LogP) is -2.30. The fraction of sp³-hybridized carbons (Fsp3) is 0.722. The number of rotatable bonds is 11. The minimum absolute atomic E-state index is 0.0393. The molecule has 0 spiro atoms. The molecule has 1 aliphatic heterocycles. The number of aliphatic imine (C=N–C) groups is 1. The molecule has 0 aromatic carbocycles. The van der Waals surface area contributed by atoms with Gasteiger partial charge in [-0.15, -0.1) is 0 Å². The fourth-order valence-corrected chi connectivity index (χ4v) is 3.15. The van der Waals surface area contributed by atoms with Gasteiger partial charge in [0.25, 0.3) is 0 Å². The number of carbonyl (C=O) groups is 4. The van der Waals surface area contributed by atoms with E-state index in [9.17, 15) is 24.3 Å². The third-order valence-electron chi connectivity index (χ3n) is 4.80. The normalized spacial score (nSPS) is 17.9. The van der Waals surface area contributed by atoms with Gasteiger partial charge in [0.15, 0.2) is 5.96 Å². The highest BCUT2D eigenvalue weighted by Gasteiger charge is 2.38. The molecule has 3 amide bonds. The van der Waals surface area contributed by atoms with Gasteiger partial charge >= 0.3 is 5.97 Å². The van der Waals surface area contributed by atoms with Gasteiger partial charge < -0.3 is 37.8 Å². The Morgan fingerprint density at radius 2 is 1.90 bits per heavy atom. The van der Waals surface area contributed by atoms with Crippen LogP contribution in [0.25, 0.3) is 0 Å². The molecule has 30 heavy (non-hydrogen) atoms. The summed E-state index contributed by atoms with van der Waals surface area (Å²) in [7, 11) is 0. The van der Waals surface area contributed by atoms with Crippen LogP contribution in [-0.2, 0) is 19.2 Å². The molecular formula is C18H33N7O5. The van der Waals surface area contributed by atoms with Crippen LogP contribution >= 0.6 is 0 Å². The number of carbonyl (C=O) groups excluding carboxylic acids is 3. The minimum atomic E-state index is -1.06. The first-order valence-electron chi connectivity index (χ1n) is 9.95. The van der Waals surface area contributed by atoms with Crippen LogP contribution in [0.4, 0.5) is 0 Å². The van der Waals surface area contributed by atoms with Crippen molar-refractivity contribution in [1.29, 1.82) is 0 Å². The van der Waals surface area contributed by atoms with Crippen molar-refractivity contribution in [3.8, 4) is 0 Å². The zero-order valence-corrected chi connectivity index (χ0v) is 17.5. The summed E-state index contributed by atoms with van der Waals surface area (Å²) < 4.78 is 0. The number of nitrogens with two attached hydrogens (primary N) is 3. The molecule has 3 atom stereocenters. The first-order valence-corrected chi connectivity index (χ1v) is 9.95. The largest absolute Gasteiger partial charge is 0.480 e. The van der Waals surface area contributed by atoms with Crippen LogP contribution in [0, 0.1) is 5.92 Å². The number of nitrogens with one attached hydrogen (secondary N) is 2. The molecule has 170 valence electrons. The molecular weight excluding hydrogens is 394 g/mol. The Morgan fingerprint density at radius 1 is 1.23 bits per heavy atom. The van der Waals surface area contributed by atoms with Gasteiger partial charge in [0.2, 0.25) is 17.7 Å². The van der Waals surface area contributed by atoms with Crippen molar-refractivity contribution < 1.29 is 24.3 Å². The van der Waals surface area contributed by atoms with E-state index in [1.165, 1.54) is 4.90 Å². The van der Waals surface area contributed by atoms with Crippen molar-refractivity contribution in [2.24, 2.45) is 28.1 Å². The summed E-state index contributed by atoms with van der Waals surface area (Å²) in [5, 5.41) is 14.3. The number of aliphatic carboxylic acids is 1. The topological polar surface area (TPSA) is 206 Å². The first kappa shape index (κ1) is 25.1. The summed E-state index contributed by atoms with van der Waals surface area (Å²) in [5.41, 5.74) is 16.2. The lowest BCUT2D eigenvalue weighted by atomic mass is 10.0. The summed E-state index contributed by atoms with van der Waals surface area (Å²) in [6, 6.07) is -2.59. The average molecular weight is 428 g/mol. The Balaban J connectivity index is 2.53. The fourth-order valence-electron chi connectivity index (χ4n) is 3.15. The van der Waals surface area contributed by atoms with Crippen LogP contribution in [0.15, 0.2) is 4.99 Å². The maximum atomic E-state index is 12.8. The maximum Gasteiger partial charge on any atom is 0.326 e. The monoisotopic (exact) mass is 427 g/mol. The molecule has 0 aromatic rings. The minimum Gasteiger partial charge on any atom is -0.480 e. The molecule has 1 saturated heterocycles. The number of hydrogen-bond donors (Lipinski definition) is 6. The molecule has 1 rings (SSSR count). The SMILES string of the molecule is CC(C)C(NC(=O)CNC(=O)C(N)CCCN=C(N)N)C(=O)N1CCCC1C(=O)O. The Morgan fingerprint density at radius 3 is 2.47 bits per heavy atom. The van der Waals surface area contributed by atoms with Gasteiger partial charge in [-0.25, -0.2) is 4.79 Å². The molecule has 0 saturated carbocycles. The van der Waals surface area contributed by atoms with Gasteiger partial charge in [0.1, 0.15) is 12.1 Å². The van der Waals surface area contributed by atoms with E-state index in [1.807, 2.05) is 0 Å². The van der Waals surface area contributed by atoms with Crippen molar-refractivity contribution in [3.63, 3.8) is 0 Å². The van der Waals surface area contributed by atoms with Crippen LogP contribution < -0.4 is 27.8 Å². The number of amides is 3. The van der Waals surface area contributed by atoms with E-state index in [1.54, 1.807) is 13.8 Å². The molecule has 12 heteroatoms. The number of carboxylic acids is 1. The van der Waals surface area contributed by atoms with E-state index in [0.29, 0.717) is 38.8 Å². The number of carboxylic acid groups (broad SMARTS) is 1. The summed E-state index contributed by atoms with van der Waals surface area (Å²) in [5.74, 6) is -2.86. The van der Waals surface area contributed by atoms with Gasteiger partial charge in [-0.1, -0.05) is 13.8 Å². The molecule has 12 nitrogen and oxygen atoms in total. The molecule has 1 heterocycles. The van der Waals surface area contributed by atoms with Crippen molar-refractivity contribution in [2.75, 3.05) is 19.6 Å². The summed E-state index contributed by atoms with van der Waals surface area (Å²) >= 11 is 0. The van der Waals surface area contributed by atoms with E-state index < -0.39 is 41.8 Å². The molecule has 1 fully saturated rings. The molecule has 3 unspecified atom stereocenters. The van der Waals surface area contributed by atoms with Crippen molar-refractivity contribution in [3.05, 3.63) is 0 Å². The Hall–Kier alpha value is -2.89. The smallest absolute Gasteiger partial charge is 0.326 e. The zero-order chi connectivity index (χ0) is 22.8. The third-order valence-corrected chi connectivity index (χ3v) is 4.80. The second-order valence-corrected chi connectivity index (χ2v) is 7.59. The van der Waals surface area contributed by atoms with Crippen molar-refractivity contribution in [2.45, 2.75) is 57.7 Å². The Bertz CT molecular complexity index is 663. The lowest BCUT2D eigenvalue weighted by molar-refractivity contribution is -0.150. The molecule has 0 aromatic heterocycles. The second kappa shape index (κ2) is 12.0. The average Bonchev–Trinajstić information content (AvgIpc) is 3.16.